The first-order chi connectivity index (χ1) is 8.47. The zero-order valence-corrected chi connectivity index (χ0v) is 10.2. The Hall–Kier alpha value is -2.12. The fraction of sp³-hybridized carbons (Fsp3) is 0.600. The second kappa shape index (κ2) is 5.48. The number of hydrogen-bond acceptors (Lipinski definition) is 7. The molecule has 0 aromatic rings. The van der Waals surface area contributed by atoms with E-state index in [0.717, 1.165) is 26.2 Å². The molecule has 0 aromatic heterocycles. The van der Waals surface area contributed by atoms with Crippen LogP contribution >= 0.6 is 0 Å². The van der Waals surface area contributed by atoms with E-state index in [9.17, 15) is 19.2 Å². The highest BCUT2D eigenvalue weighted by atomic mass is 16.5. The van der Waals surface area contributed by atoms with Crippen LogP contribution in [0.15, 0.2) is 0 Å². The van der Waals surface area contributed by atoms with Gasteiger partial charge in [-0.25, -0.2) is 14.4 Å². The summed E-state index contributed by atoms with van der Waals surface area (Å²) in [6, 6.07) is -1.93. The molecule has 2 atom stereocenters. The van der Waals surface area contributed by atoms with Crippen molar-refractivity contribution in [2.75, 3.05) is 21.3 Å². The molecule has 0 saturated carbocycles. The quantitative estimate of drug-likeness (QED) is 0.337. The molecule has 1 aliphatic rings. The third-order valence-electron chi connectivity index (χ3n) is 2.66. The number of nitrogens with zero attached hydrogens (tertiary/aromatic N) is 1. The zero-order chi connectivity index (χ0) is 13.9. The molecule has 0 unspecified atom stereocenters. The van der Waals surface area contributed by atoms with Crippen LogP contribution in [0.3, 0.4) is 0 Å². The summed E-state index contributed by atoms with van der Waals surface area (Å²) in [4.78, 5) is 46.3. The summed E-state index contributed by atoms with van der Waals surface area (Å²) in [5.41, 5.74) is 0. The lowest BCUT2D eigenvalue weighted by Gasteiger charge is -2.43. The molecule has 1 amide bonds. The monoisotopic (exact) mass is 259 g/mol. The molecule has 0 aliphatic carbocycles. The van der Waals surface area contributed by atoms with Crippen LogP contribution in [0.5, 0.6) is 0 Å². The van der Waals surface area contributed by atoms with Crippen molar-refractivity contribution in [2.24, 2.45) is 0 Å². The van der Waals surface area contributed by atoms with Gasteiger partial charge in [-0.05, 0) is 0 Å². The van der Waals surface area contributed by atoms with E-state index in [1.807, 2.05) is 0 Å². The molecule has 8 nitrogen and oxygen atoms in total. The number of rotatable bonds is 2. The average Bonchev–Trinajstić information content (AvgIpc) is 2.35. The third-order valence-corrected chi connectivity index (χ3v) is 2.66. The minimum Gasteiger partial charge on any atom is -0.467 e. The van der Waals surface area contributed by atoms with Crippen molar-refractivity contribution >= 4 is 23.8 Å². The molecule has 0 N–H and O–H groups in total. The van der Waals surface area contributed by atoms with E-state index < -0.39 is 35.9 Å². The van der Waals surface area contributed by atoms with Crippen LogP contribution in [0.4, 0.5) is 0 Å². The molecule has 0 radical (unpaired) electrons. The predicted octanol–water partition coefficient (Wildman–Crippen LogP) is -1.53. The van der Waals surface area contributed by atoms with Gasteiger partial charge in [-0.15, -0.1) is 0 Å². The molecule has 1 rings (SSSR count). The largest absolute Gasteiger partial charge is 0.467 e. The lowest BCUT2D eigenvalue weighted by molar-refractivity contribution is -0.180. The predicted molar refractivity (Wildman–Crippen MR) is 55.1 cm³/mol. The molecule has 0 aromatic carbocycles. The van der Waals surface area contributed by atoms with Gasteiger partial charge in [0.25, 0.3) is 0 Å². The summed E-state index contributed by atoms with van der Waals surface area (Å²) >= 11 is 0. The minimum absolute atomic E-state index is 0.0576. The van der Waals surface area contributed by atoms with Crippen molar-refractivity contribution in [3.8, 4) is 0 Å². The lowest BCUT2D eigenvalue weighted by atomic mass is 9.92. The maximum absolute atomic E-state index is 11.7. The van der Waals surface area contributed by atoms with Crippen molar-refractivity contribution in [2.45, 2.75) is 18.5 Å². The summed E-state index contributed by atoms with van der Waals surface area (Å²) in [7, 11) is 3.32. The van der Waals surface area contributed by atoms with Gasteiger partial charge in [-0.1, -0.05) is 0 Å². The van der Waals surface area contributed by atoms with Gasteiger partial charge in [-0.2, -0.15) is 0 Å². The number of methoxy groups -OCH3 is 3. The van der Waals surface area contributed by atoms with E-state index in [-0.39, 0.29) is 6.42 Å². The molecule has 100 valence electrons. The fourth-order valence-electron chi connectivity index (χ4n) is 1.69. The molecule has 0 spiro atoms. The van der Waals surface area contributed by atoms with E-state index in [2.05, 4.69) is 14.2 Å². The van der Waals surface area contributed by atoms with Gasteiger partial charge in [0, 0.05) is 6.42 Å². The molecule has 1 aliphatic heterocycles. The maximum Gasteiger partial charge on any atom is 0.396 e. The number of likely N-dealkylation sites (tertiary alicyclic amines) is 1. The summed E-state index contributed by atoms with van der Waals surface area (Å²) in [5, 5.41) is 0. The van der Waals surface area contributed by atoms with E-state index in [0.29, 0.717) is 0 Å². The van der Waals surface area contributed by atoms with Crippen molar-refractivity contribution in [1.82, 2.24) is 4.90 Å². The summed E-state index contributed by atoms with van der Waals surface area (Å²) < 4.78 is 13.2. The minimum atomic E-state index is -1.16. The molecule has 0 bridgehead atoms. The molecule has 1 saturated heterocycles. The van der Waals surface area contributed by atoms with Crippen molar-refractivity contribution in [1.29, 1.82) is 0 Å². The molecule has 1 heterocycles. The Bertz CT molecular complexity index is 370. The summed E-state index contributed by atoms with van der Waals surface area (Å²) in [6.07, 6.45) is 0.0576. The third kappa shape index (κ3) is 2.27. The van der Waals surface area contributed by atoms with Crippen LogP contribution in [-0.2, 0) is 33.4 Å². The Labute approximate surface area is 103 Å². The highest BCUT2D eigenvalue weighted by molar-refractivity contribution is 6.33. The van der Waals surface area contributed by atoms with Crippen molar-refractivity contribution in [3.05, 3.63) is 0 Å². The van der Waals surface area contributed by atoms with E-state index in [1.165, 1.54) is 0 Å². The van der Waals surface area contributed by atoms with Crippen LogP contribution in [0.1, 0.15) is 6.42 Å². The number of ether oxygens (including phenoxy) is 3. The maximum atomic E-state index is 11.7. The van der Waals surface area contributed by atoms with Crippen molar-refractivity contribution < 1.29 is 33.4 Å². The second-order valence-electron chi connectivity index (χ2n) is 3.52. The van der Waals surface area contributed by atoms with E-state index in [1.54, 1.807) is 0 Å². The molecule has 8 heteroatoms. The second-order valence-corrected chi connectivity index (χ2v) is 3.52. The fourth-order valence-corrected chi connectivity index (χ4v) is 1.69. The van der Waals surface area contributed by atoms with Crippen LogP contribution in [0, 0.1) is 0 Å². The Morgan fingerprint density at radius 1 is 0.889 bits per heavy atom. The Morgan fingerprint density at radius 3 is 1.67 bits per heavy atom. The molecule has 18 heavy (non-hydrogen) atoms. The van der Waals surface area contributed by atoms with Gasteiger partial charge in [0.15, 0.2) is 0 Å². The Kier molecular flexibility index (Phi) is 4.24. The van der Waals surface area contributed by atoms with Gasteiger partial charge >= 0.3 is 23.8 Å². The highest BCUT2D eigenvalue weighted by Gasteiger charge is 2.52. The lowest BCUT2D eigenvalue weighted by Crippen LogP contribution is -2.66. The first-order valence-electron chi connectivity index (χ1n) is 5.04. The van der Waals surface area contributed by atoms with Crippen LogP contribution in [-0.4, -0.2) is 62.1 Å². The Balaban J connectivity index is 2.89. The van der Waals surface area contributed by atoms with Gasteiger partial charge in [0.2, 0.25) is 0 Å². The first kappa shape index (κ1) is 13.9. The van der Waals surface area contributed by atoms with Gasteiger partial charge in [0.1, 0.15) is 12.1 Å². The number of hydrogen-bond donors (Lipinski definition) is 0. The number of esters is 3. The summed E-state index contributed by atoms with van der Waals surface area (Å²) in [6.45, 7) is 0. The van der Waals surface area contributed by atoms with Gasteiger partial charge in [0.05, 0.1) is 21.3 Å². The first-order valence-corrected chi connectivity index (χ1v) is 5.04. The van der Waals surface area contributed by atoms with Crippen LogP contribution < -0.4 is 0 Å². The van der Waals surface area contributed by atoms with Crippen LogP contribution in [0.2, 0.25) is 0 Å². The number of carbonyl (C=O) groups is 4. The number of carbonyl (C=O) groups excluding carboxylic acids is 4. The van der Waals surface area contributed by atoms with E-state index >= 15 is 0 Å². The van der Waals surface area contributed by atoms with Crippen LogP contribution in [0.25, 0.3) is 0 Å². The molecular formula is C10H13NO7. The zero-order valence-electron chi connectivity index (χ0n) is 10.2. The SMILES string of the molecule is COC(=O)C(=O)N1[C@H](C(=O)OC)C[C@H]1C(=O)OC. The number of amides is 1. The van der Waals surface area contributed by atoms with Gasteiger partial charge in [-0.3, -0.25) is 4.79 Å². The Morgan fingerprint density at radius 2 is 1.33 bits per heavy atom. The normalized spacial score (nSPS) is 21.6. The standard InChI is InChI=1S/C10H13NO7/c1-16-8(13)5-4-6(9(14)17-2)11(5)7(12)10(15)18-3/h5-6H,4H2,1-3H3/t5-,6-/m0/s1. The van der Waals surface area contributed by atoms with E-state index in [4.69, 9.17) is 0 Å². The molecular weight excluding hydrogens is 246 g/mol. The highest BCUT2D eigenvalue weighted by Crippen LogP contribution is 2.28. The average molecular weight is 259 g/mol. The van der Waals surface area contributed by atoms with Gasteiger partial charge < -0.3 is 19.1 Å². The topological polar surface area (TPSA) is 99.2 Å². The summed E-state index contributed by atoms with van der Waals surface area (Å²) in [5.74, 6) is -3.63. The van der Waals surface area contributed by atoms with Crippen molar-refractivity contribution in [3.63, 3.8) is 0 Å². The molecule has 1 fully saturated rings. The smallest absolute Gasteiger partial charge is 0.396 e.